The molecule has 2 aromatic rings. The van der Waals surface area contributed by atoms with Crippen molar-refractivity contribution in [3.8, 4) is 0 Å². The van der Waals surface area contributed by atoms with Gasteiger partial charge < -0.3 is 5.11 Å². The molecule has 0 amide bonds. The van der Waals surface area contributed by atoms with E-state index in [1.807, 2.05) is 0 Å². The molecule has 2 rings (SSSR count). The molecule has 1 aromatic carbocycles. The molecule has 0 aliphatic heterocycles. The second-order valence-electron chi connectivity index (χ2n) is 4.99. The van der Waals surface area contributed by atoms with Crippen LogP contribution in [0.25, 0.3) is 0 Å². The van der Waals surface area contributed by atoms with Crippen LogP contribution in [0.15, 0.2) is 36.7 Å². The topological polar surface area (TPSA) is 33.1 Å². The first-order chi connectivity index (χ1) is 9.62. The molecule has 0 aliphatic carbocycles. The quantitative estimate of drug-likeness (QED) is 0.856. The van der Waals surface area contributed by atoms with Gasteiger partial charge in [0.2, 0.25) is 0 Å². The Morgan fingerprint density at radius 3 is 2.24 bits per heavy atom. The summed E-state index contributed by atoms with van der Waals surface area (Å²) in [5.74, 6) is -0.627. The zero-order chi connectivity index (χ0) is 15.8. The van der Waals surface area contributed by atoms with Gasteiger partial charge in [0.25, 0.3) is 0 Å². The van der Waals surface area contributed by atoms with Crippen LogP contribution in [0.3, 0.4) is 0 Å². The molecule has 1 atom stereocenters. The van der Waals surface area contributed by atoms with E-state index < -0.39 is 23.2 Å². The van der Waals surface area contributed by atoms with Gasteiger partial charge >= 0.3 is 6.18 Å². The number of halogens is 4. The largest absolute Gasteiger partial charge is 0.416 e. The van der Waals surface area contributed by atoms with E-state index in [9.17, 15) is 22.7 Å². The van der Waals surface area contributed by atoms with Crippen LogP contribution in [0, 0.1) is 12.7 Å². The molecule has 2 nitrogen and oxygen atoms in total. The van der Waals surface area contributed by atoms with Gasteiger partial charge in [-0.15, -0.1) is 0 Å². The fourth-order valence-corrected chi connectivity index (χ4v) is 2.22. The molecular formula is C15H13F4NO. The third kappa shape index (κ3) is 3.05. The number of nitrogens with zero attached hydrogens (tertiary/aromatic N) is 1. The zero-order valence-corrected chi connectivity index (χ0v) is 11.4. The van der Waals surface area contributed by atoms with Crippen molar-refractivity contribution in [3.05, 3.63) is 64.7 Å². The third-order valence-electron chi connectivity index (χ3n) is 3.35. The number of pyridine rings is 1. The molecule has 1 unspecified atom stereocenters. The van der Waals surface area contributed by atoms with E-state index >= 15 is 0 Å². The van der Waals surface area contributed by atoms with E-state index in [0.29, 0.717) is 0 Å². The number of aromatic nitrogens is 1. The smallest absolute Gasteiger partial charge is 0.381 e. The Balaban J connectivity index is 2.50. The van der Waals surface area contributed by atoms with E-state index in [1.165, 1.54) is 26.1 Å². The SMILES string of the molecule is Cc1cc(C(F)(F)F)ccc1C(C)(O)c1cncc(F)c1. The molecule has 1 N–H and O–H groups in total. The molecule has 0 radical (unpaired) electrons. The van der Waals surface area contributed by atoms with E-state index in [0.717, 1.165) is 24.4 Å². The van der Waals surface area contributed by atoms with Gasteiger partial charge in [0.15, 0.2) is 0 Å². The van der Waals surface area contributed by atoms with Gasteiger partial charge in [-0.25, -0.2) is 4.39 Å². The normalized spacial score (nSPS) is 14.8. The van der Waals surface area contributed by atoms with Crippen molar-refractivity contribution in [3.63, 3.8) is 0 Å². The fraction of sp³-hybridized carbons (Fsp3) is 0.267. The Morgan fingerprint density at radius 1 is 1.05 bits per heavy atom. The first-order valence-electron chi connectivity index (χ1n) is 6.14. The lowest BCUT2D eigenvalue weighted by atomic mass is 9.85. The van der Waals surface area contributed by atoms with E-state index in [2.05, 4.69) is 4.98 Å². The monoisotopic (exact) mass is 299 g/mol. The zero-order valence-electron chi connectivity index (χ0n) is 11.4. The first kappa shape index (κ1) is 15.4. The van der Waals surface area contributed by atoms with Crippen LogP contribution in [0.2, 0.25) is 0 Å². The van der Waals surface area contributed by atoms with E-state index in [1.54, 1.807) is 0 Å². The fourth-order valence-electron chi connectivity index (χ4n) is 2.22. The van der Waals surface area contributed by atoms with Crippen molar-refractivity contribution >= 4 is 0 Å². The maximum Gasteiger partial charge on any atom is 0.416 e. The first-order valence-corrected chi connectivity index (χ1v) is 6.14. The summed E-state index contributed by atoms with van der Waals surface area (Å²) < 4.78 is 51.2. The van der Waals surface area contributed by atoms with Gasteiger partial charge in [-0.2, -0.15) is 13.2 Å². The predicted octanol–water partition coefficient (Wildman–Crippen LogP) is 3.80. The van der Waals surface area contributed by atoms with Gasteiger partial charge in [0.1, 0.15) is 11.4 Å². The summed E-state index contributed by atoms with van der Waals surface area (Å²) in [6, 6.07) is 4.15. The molecule has 0 aliphatic rings. The molecule has 0 bridgehead atoms. The molecule has 1 aromatic heterocycles. The minimum absolute atomic E-state index is 0.172. The minimum atomic E-state index is -4.45. The van der Waals surface area contributed by atoms with Crippen molar-refractivity contribution in [2.24, 2.45) is 0 Å². The van der Waals surface area contributed by atoms with Crippen molar-refractivity contribution < 1.29 is 22.7 Å². The van der Waals surface area contributed by atoms with Crippen molar-refractivity contribution in [2.45, 2.75) is 25.6 Å². The molecule has 0 spiro atoms. The summed E-state index contributed by atoms with van der Waals surface area (Å²) in [5.41, 5.74) is -1.73. The Kier molecular flexibility index (Phi) is 3.76. The van der Waals surface area contributed by atoms with Gasteiger partial charge in [-0.1, -0.05) is 6.07 Å². The Bertz CT molecular complexity index is 665. The number of rotatable bonds is 2. The van der Waals surface area contributed by atoms with Crippen molar-refractivity contribution in [1.29, 1.82) is 0 Å². The number of benzene rings is 1. The molecule has 0 saturated heterocycles. The molecule has 0 fully saturated rings. The highest BCUT2D eigenvalue weighted by Crippen LogP contribution is 2.35. The Hall–Kier alpha value is -1.95. The molecule has 0 saturated carbocycles. The standard InChI is InChI=1S/C15H13F4NO/c1-9-5-10(15(17,18)19)3-4-13(9)14(2,21)11-6-12(16)8-20-7-11/h3-8,21H,1-2H3. The maximum absolute atomic E-state index is 13.2. The van der Waals surface area contributed by atoms with Gasteiger partial charge in [0, 0.05) is 11.8 Å². The second-order valence-corrected chi connectivity index (χ2v) is 4.99. The second kappa shape index (κ2) is 5.11. The van der Waals surface area contributed by atoms with Crippen LogP contribution in [0.4, 0.5) is 17.6 Å². The summed E-state index contributed by atoms with van der Waals surface area (Å²) in [6.45, 7) is 2.85. The predicted molar refractivity (Wildman–Crippen MR) is 69.0 cm³/mol. The molecule has 21 heavy (non-hydrogen) atoms. The molecular weight excluding hydrogens is 286 g/mol. The highest BCUT2D eigenvalue weighted by atomic mass is 19.4. The summed E-state index contributed by atoms with van der Waals surface area (Å²) in [5, 5.41) is 10.6. The molecule has 6 heteroatoms. The number of hydrogen-bond donors (Lipinski definition) is 1. The number of hydrogen-bond acceptors (Lipinski definition) is 2. The Morgan fingerprint density at radius 2 is 1.71 bits per heavy atom. The lowest BCUT2D eigenvalue weighted by Crippen LogP contribution is -2.25. The van der Waals surface area contributed by atoms with Crippen LogP contribution in [0.1, 0.15) is 29.2 Å². The van der Waals surface area contributed by atoms with Crippen molar-refractivity contribution in [2.75, 3.05) is 0 Å². The summed E-state index contributed by atoms with van der Waals surface area (Å²) in [6.07, 6.45) is -2.19. The lowest BCUT2D eigenvalue weighted by Gasteiger charge is -2.26. The van der Waals surface area contributed by atoms with Crippen LogP contribution in [-0.4, -0.2) is 10.1 Å². The van der Waals surface area contributed by atoms with Crippen LogP contribution in [0.5, 0.6) is 0 Å². The maximum atomic E-state index is 13.2. The molecule has 1 heterocycles. The summed E-state index contributed by atoms with van der Waals surface area (Å²) >= 11 is 0. The average Bonchev–Trinajstić information content (AvgIpc) is 2.37. The average molecular weight is 299 g/mol. The Labute approximate surface area is 119 Å². The summed E-state index contributed by atoms with van der Waals surface area (Å²) in [7, 11) is 0. The molecule has 112 valence electrons. The van der Waals surface area contributed by atoms with Crippen LogP contribution >= 0.6 is 0 Å². The van der Waals surface area contributed by atoms with Gasteiger partial charge in [-0.05, 0) is 43.2 Å². The third-order valence-corrected chi connectivity index (χ3v) is 3.35. The van der Waals surface area contributed by atoms with Gasteiger partial charge in [0.05, 0.1) is 11.8 Å². The number of aryl methyl sites for hydroxylation is 1. The van der Waals surface area contributed by atoms with E-state index in [4.69, 9.17) is 0 Å². The van der Waals surface area contributed by atoms with Crippen LogP contribution < -0.4 is 0 Å². The number of alkyl halides is 3. The highest BCUT2D eigenvalue weighted by molar-refractivity contribution is 5.41. The lowest BCUT2D eigenvalue weighted by molar-refractivity contribution is -0.137. The van der Waals surface area contributed by atoms with Gasteiger partial charge in [-0.3, -0.25) is 4.98 Å². The van der Waals surface area contributed by atoms with Crippen LogP contribution in [-0.2, 0) is 11.8 Å². The summed E-state index contributed by atoms with van der Waals surface area (Å²) in [4.78, 5) is 3.65. The highest BCUT2D eigenvalue weighted by Gasteiger charge is 2.33. The van der Waals surface area contributed by atoms with E-state index in [-0.39, 0.29) is 16.7 Å². The van der Waals surface area contributed by atoms with Crippen molar-refractivity contribution in [1.82, 2.24) is 4.98 Å². The minimum Gasteiger partial charge on any atom is -0.381 e. The number of aliphatic hydroxyl groups is 1.